The molecule has 0 bridgehead atoms. The second-order valence-corrected chi connectivity index (χ2v) is 40.7. The molecule has 3 aliphatic rings. The van der Waals surface area contributed by atoms with Crippen LogP contribution in [0.3, 0.4) is 0 Å². The molecule has 0 radical (unpaired) electrons. The maximum Gasteiger partial charge on any atom is 0.177 e. The van der Waals surface area contributed by atoms with Crippen LogP contribution in [0.4, 0.5) is 0 Å². The smallest absolute Gasteiger partial charge is 0.177 e. The monoisotopic (exact) mass is 1490 g/mol. The number of rotatable bonds is 1. The normalized spacial score (nSPS) is 14.9. The van der Waals surface area contributed by atoms with Crippen LogP contribution in [0.25, 0.3) is 0 Å². The summed E-state index contributed by atoms with van der Waals surface area (Å²) in [4.78, 5) is 68.3. The number of thioether (sulfide) groups is 1. The number of nitrogens with zero attached hydrogens (tertiary/aromatic N) is 9. The SMILES string of the molecule is C#Cc1nc(C(C)(C)C)[nH]c1C.C=S(C)(=O)C1=NC(C(C)(C)C)=CC1.C=S(C)C1=NC(C(C)(C)C)=CC1.CC(=O)c1cnc(C(C)(C)C)[nH]1.CC(C)(C)c1ncc(Cl)[nH]1.CSC1=NC(C(C)(C)C)=CC1.Cc1[nH]c(C(C)(C)C)nc1Cl.Cc1cnc(C(C)(C)C)[nH]1.Cc1cnc(C(C)(C)C)[nH]1. The second-order valence-electron chi connectivity index (χ2n) is 34.8. The number of aliphatic imine (C=N–C) groups is 3. The molecule has 3 aliphatic heterocycles. The van der Waals surface area contributed by atoms with Gasteiger partial charge in [0.05, 0.1) is 33.2 Å². The number of H-pyrrole nitrogens is 6. The van der Waals surface area contributed by atoms with Crippen LogP contribution in [0.15, 0.2) is 75.1 Å². The average molecular weight is 1490 g/mol. The molecule has 0 saturated heterocycles. The minimum Gasteiger partial charge on any atom is -0.346 e. The number of halogens is 2. The number of hydrogen-bond donors (Lipinski definition) is 6. The number of aromatic amines is 6. The van der Waals surface area contributed by atoms with Crippen molar-refractivity contribution in [3.63, 3.8) is 0 Å². The Balaban J connectivity index is 0.000000569. The first-order valence-electron chi connectivity index (χ1n) is 34.2. The Hall–Kier alpha value is -6.11. The van der Waals surface area contributed by atoms with Crippen LogP contribution in [0, 0.1) is 56.3 Å². The Morgan fingerprint density at radius 2 is 0.881 bits per heavy atom. The molecule has 0 aliphatic carbocycles. The molecule has 9 rings (SSSR count). The largest absolute Gasteiger partial charge is 0.346 e. The Morgan fingerprint density at radius 1 is 0.515 bits per heavy atom. The van der Waals surface area contributed by atoms with Crippen LogP contribution < -0.4 is 0 Å². The van der Waals surface area contributed by atoms with Crippen molar-refractivity contribution in [3.8, 4) is 12.3 Å². The first-order chi connectivity index (χ1) is 45.4. The minimum atomic E-state index is -2.10. The molecule has 22 heteroatoms. The molecule has 17 nitrogen and oxygen atoms in total. The van der Waals surface area contributed by atoms with Crippen molar-refractivity contribution in [2.45, 2.75) is 273 Å². The average Bonchev–Trinajstić information content (AvgIpc) is 1.71. The van der Waals surface area contributed by atoms with Crippen molar-refractivity contribution < 1.29 is 9.00 Å². The summed E-state index contributed by atoms with van der Waals surface area (Å²) in [5.41, 5.74) is 9.86. The minimum absolute atomic E-state index is 0.0201. The summed E-state index contributed by atoms with van der Waals surface area (Å²) in [6, 6.07) is 0. The standard InChI is InChI=1S/C10H14N2.C10H17NOS.C10H17NS.C9H14N2O.C9H15NS.C8H13ClN2.2C8H14N2.C7H11ClN2/c1-6-8-7(2)11-9(12-8)10(3,4)5;1-10(2,3)8-6-7-9(11-8)13(4,5)12;1-10(2,3)8-6-7-9(11-8)12(4)5;1-6(12)7-5-10-8(11-7)9(2,3)4;1-9(2,3)7-5-6-8(10-7)11-4;1-5-6(9)11-7(10-5)8(2,3)4;2*1-6-5-9-7(10-6)8(2,3)4;1-7(2,3)6-9-4-5(8)10-6/h1H,2-5H3,(H,11,12);6H,4,7H2,1-3,5H3;6H,4,7H2,1-3,5H3;5H,1-4H3,(H,10,11);5H,6H2,1-4H3;1-4H3,(H,10,11);2*5H,1-4H3,(H,9,10);4H,1-3H3,(H,9,10). The number of aryl methyl sites for hydroxylation is 4. The first kappa shape index (κ1) is 92.9. The molecule has 564 valence electrons. The number of imidazole rings is 6. The van der Waals surface area contributed by atoms with Crippen LogP contribution in [0.5, 0.6) is 0 Å². The lowest BCUT2D eigenvalue weighted by Gasteiger charge is -2.16. The van der Waals surface area contributed by atoms with Crippen molar-refractivity contribution in [3.05, 3.63) is 140 Å². The van der Waals surface area contributed by atoms with E-state index in [1.165, 1.54) is 28.4 Å². The van der Waals surface area contributed by atoms with Gasteiger partial charge in [-0.1, -0.05) is 234 Å². The van der Waals surface area contributed by atoms with Gasteiger partial charge >= 0.3 is 0 Å². The van der Waals surface area contributed by atoms with Crippen molar-refractivity contribution in [1.82, 2.24) is 59.8 Å². The lowest BCUT2D eigenvalue weighted by Crippen LogP contribution is -2.13. The molecule has 6 N–H and O–H groups in total. The number of hydrogen-bond acceptors (Lipinski definition) is 12. The third kappa shape index (κ3) is 33.9. The zero-order valence-corrected chi connectivity index (χ0v) is 72.4. The van der Waals surface area contributed by atoms with E-state index in [0.29, 0.717) is 22.4 Å². The van der Waals surface area contributed by atoms with Crippen molar-refractivity contribution in [2.24, 2.45) is 31.2 Å². The van der Waals surface area contributed by atoms with Gasteiger partial charge in [-0.15, -0.1) is 18.2 Å². The van der Waals surface area contributed by atoms with Crippen LogP contribution >= 0.6 is 45.4 Å². The zero-order valence-electron chi connectivity index (χ0n) is 68.5. The highest BCUT2D eigenvalue weighted by Crippen LogP contribution is 2.35. The van der Waals surface area contributed by atoms with Crippen LogP contribution in [-0.2, 0) is 42.0 Å². The highest BCUT2D eigenvalue weighted by atomic mass is 35.5. The first-order valence-corrected chi connectivity index (χ1v) is 40.1. The van der Waals surface area contributed by atoms with E-state index in [9.17, 15) is 9.00 Å². The highest BCUT2D eigenvalue weighted by molar-refractivity contribution is 8.26. The van der Waals surface area contributed by atoms with Gasteiger partial charge in [-0.05, 0) is 52.0 Å². The fraction of sp³-hybridized carbons (Fsp3) is 0.595. The van der Waals surface area contributed by atoms with Gasteiger partial charge in [0.15, 0.2) is 5.78 Å². The summed E-state index contributed by atoms with van der Waals surface area (Å²) in [5, 5.41) is 4.41. The predicted octanol–water partition coefficient (Wildman–Crippen LogP) is 21.2. The van der Waals surface area contributed by atoms with E-state index in [-0.39, 0.29) is 65.0 Å². The van der Waals surface area contributed by atoms with E-state index in [1.54, 1.807) is 30.4 Å². The molecule has 6 aromatic heterocycles. The van der Waals surface area contributed by atoms with E-state index in [0.717, 1.165) is 87.0 Å². The number of terminal acetylenes is 1. The van der Waals surface area contributed by atoms with Gasteiger partial charge < -0.3 is 29.9 Å². The third-order valence-electron chi connectivity index (χ3n) is 14.6. The summed E-state index contributed by atoms with van der Waals surface area (Å²) in [5.74, 6) is 16.0. The van der Waals surface area contributed by atoms with E-state index in [4.69, 9.17) is 29.6 Å². The number of ketones is 1. The van der Waals surface area contributed by atoms with Crippen molar-refractivity contribution >= 4 is 87.6 Å². The molecule has 2 unspecified atom stereocenters. The number of carbonyl (C=O) groups is 1. The second kappa shape index (κ2) is 37.5. The fourth-order valence-corrected chi connectivity index (χ4v) is 10.2. The lowest BCUT2D eigenvalue weighted by molar-refractivity contribution is 0.101. The molecule has 0 fully saturated rings. The van der Waals surface area contributed by atoms with Gasteiger partial charge in [-0.25, -0.2) is 34.9 Å². The predicted molar refractivity (Wildman–Crippen MR) is 445 cm³/mol. The maximum atomic E-state index is 11.6. The van der Waals surface area contributed by atoms with E-state index < -0.39 is 9.52 Å². The van der Waals surface area contributed by atoms with Crippen LogP contribution in [0.2, 0.25) is 10.3 Å². The number of allylic oxidation sites excluding steroid dienone is 6. The summed E-state index contributed by atoms with van der Waals surface area (Å²) in [6.07, 6.45) is 27.3. The molecule has 9 heterocycles. The summed E-state index contributed by atoms with van der Waals surface area (Å²) in [6.45, 7) is 66.8. The molecule has 0 aromatic carbocycles. The van der Waals surface area contributed by atoms with Gasteiger partial charge in [0.2, 0.25) is 0 Å². The lowest BCUT2D eigenvalue weighted by atomic mass is 9.92. The number of Topliss-reactive ketones (excluding diaryl/α,β-unsaturated/α-hetero) is 1. The Labute approximate surface area is 627 Å². The zero-order chi connectivity index (χ0) is 78.8. The maximum absolute atomic E-state index is 11.6. The molecule has 6 aromatic rings. The topological polar surface area (TPSA) is 243 Å². The van der Waals surface area contributed by atoms with Crippen LogP contribution in [-0.4, -0.2) is 115 Å². The Kier molecular flexibility index (Phi) is 34.5. The van der Waals surface area contributed by atoms with Crippen molar-refractivity contribution in [2.75, 3.05) is 18.8 Å². The molecule has 2 atom stereocenters. The molecular formula is C79H129Cl2N15O2S3. The molecule has 0 saturated carbocycles. The van der Waals surface area contributed by atoms with Crippen molar-refractivity contribution in [1.29, 1.82) is 0 Å². The number of aromatic nitrogens is 12. The molecule has 0 amide bonds. The van der Waals surface area contributed by atoms with Crippen LogP contribution in [0.1, 0.15) is 287 Å². The number of nitrogens with one attached hydrogen (secondary N) is 6. The molecule has 0 spiro atoms. The highest BCUT2D eigenvalue weighted by Gasteiger charge is 2.26. The summed E-state index contributed by atoms with van der Waals surface area (Å²) in [7, 11) is -2.00. The quantitative estimate of drug-likeness (QED) is 0.0520. The van der Waals surface area contributed by atoms with Gasteiger partial charge in [0, 0.05) is 137 Å². The third-order valence-corrected chi connectivity index (χ3v) is 18.2. The van der Waals surface area contributed by atoms with Gasteiger partial charge in [0.25, 0.3) is 0 Å². The summed E-state index contributed by atoms with van der Waals surface area (Å²) < 4.78 is 11.6. The van der Waals surface area contributed by atoms with E-state index in [2.05, 4.69) is 304 Å². The van der Waals surface area contributed by atoms with Gasteiger partial charge in [0.1, 0.15) is 56.6 Å². The Morgan fingerprint density at radius 3 is 1.09 bits per heavy atom. The van der Waals surface area contributed by atoms with Gasteiger partial charge in [-0.2, -0.15) is 10.5 Å². The molecule has 101 heavy (non-hydrogen) atoms. The van der Waals surface area contributed by atoms with E-state index in [1.807, 2.05) is 46.2 Å². The van der Waals surface area contributed by atoms with Gasteiger partial charge in [-0.3, -0.25) is 19.0 Å². The molecular weight excluding hydrogens is 1360 g/mol. The summed E-state index contributed by atoms with van der Waals surface area (Å²) >= 11 is 13.2. The van der Waals surface area contributed by atoms with E-state index >= 15 is 0 Å². The Bertz CT molecular complexity index is 3880. The number of carbonyl (C=O) groups excluding carboxylic acids is 1. The fourth-order valence-electron chi connectivity index (χ4n) is 8.17.